The highest BCUT2D eigenvalue weighted by molar-refractivity contribution is 6.06. The highest BCUT2D eigenvalue weighted by Crippen LogP contribution is 2.44. The van der Waals surface area contributed by atoms with E-state index in [0.29, 0.717) is 5.56 Å². The van der Waals surface area contributed by atoms with Gasteiger partial charge in [0.15, 0.2) is 23.3 Å². The number of hydrogen-bond donors (Lipinski definition) is 1. The molecule has 1 aliphatic rings. The van der Waals surface area contributed by atoms with Crippen molar-refractivity contribution >= 4 is 17.6 Å². The molecule has 0 fully saturated rings. The van der Waals surface area contributed by atoms with E-state index in [1.807, 2.05) is 0 Å². The second kappa shape index (κ2) is 9.04. The minimum absolute atomic E-state index is 0.0429. The number of nitriles is 1. The van der Waals surface area contributed by atoms with Gasteiger partial charge in [0.2, 0.25) is 0 Å². The van der Waals surface area contributed by atoms with Crippen LogP contribution in [0, 0.1) is 34.6 Å². The molecule has 7 nitrogen and oxygen atoms in total. The van der Waals surface area contributed by atoms with E-state index in [9.17, 15) is 32.4 Å². The minimum atomic E-state index is -1.92. The number of nitrogens with two attached hydrogens (primary N) is 1. The van der Waals surface area contributed by atoms with E-state index in [1.54, 1.807) is 24.3 Å². The summed E-state index contributed by atoms with van der Waals surface area (Å²) < 4.78 is 66.9. The molecule has 1 aliphatic heterocycles. The summed E-state index contributed by atoms with van der Waals surface area (Å²) in [7, 11) is 1.87. The second-order valence-electron chi connectivity index (χ2n) is 6.65. The van der Waals surface area contributed by atoms with E-state index in [0.717, 1.165) is 14.2 Å². The number of hydrogen-bond acceptors (Lipinski definition) is 7. The van der Waals surface area contributed by atoms with Gasteiger partial charge in [-0.2, -0.15) is 5.26 Å². The zero-order valence-electron chi connectivity index (χ0n) is 17.2. The summed E-state index contributed by atoms with van der Waals surface area (Å²) in [6.45, 7) is 0. The zero-order valence-corrected chi connectivity index (χ0v) is 17.2. The smallest absolute Gasteiger partial charge is 0.355 e. The topological polar surface area (TPSA) is 106 Å². The number of halogens is 4. The largest absolute Gasteiger partial charge is 0.466 e. The van der Waals surface area contributed by atoms with Gasteiger partial charge in [-0.1, -0.05) is 30.3 Å². The Kier molecular flexibility index (Phi) is 6.39. The van der Waals surface area contributed by atoms with E-state index in [2.05, 4.69) is 4.74 Å². The van der Waals surface area contributed by atoms with Gasteiger partial charge in [-0.15, -0.1) is 0 Å². The molecule has 0 aliphatic carbocycles. The molecule has 0 amide bonds. The van der Waals surface area contributed by atoms with Crippen LogP contribution in [0.5, 0.6) is 0 Å². The summed E-state index contributed by atoms with van der Waals surface area (Å²) in [5, 5.41) is 9.82. The predicted molar refractivity (Wildman–Crippen MR) is 106 cm³/mol. The minimum Gasteiger partial charge on any atom is -0.466 e. The molecule has 1 unspecified atom stereocenters. The van der Waals surface area contributed by atoms with Crippen molar-refractivity contribution in [2.45, 2.75) is 5.92 Å². The van der Waals surface area contributed by atoms with Crippen LogP contribution in [0.2, 0.25) is 0 Å². The fourth-order valence-corrected chi connectivity index (χ4v) is 3.50. The number of allylic oxidation sites excluding steroid dienone is 1. The molecule has 1 heterocycles. The van der Waals surface area contributed by atoms with Crippen molar-refractivity contribution in [1.82, 2.24) is 0 Å². The van der Waals surface area contributed by atoms with E-state index in [4.69, 9.17) is 10.5 Å². The Morgan fingerprint density at radius 2 is 1.55 bits per heavy atom. The van der Waals surface area contributed by atoms with Gasteiger partial charge in [0.05, 0.1) is 37.4 Å². The third-order valence-electron chi connectivity index (χ3n) is 4.92. The Balaban J connectivity index is 2.52. The van der Waals surface area contributed by atoms with Crippen LogP contribution in [-0.4, -0.2) is 26.2 Å². The molecule has 0 spiro atoms. The van der Waals surface area contributed by atoms with Crippen LogP contribution in [-0.2, 0) is 19.1 Å². The van der Waals surface area contributed by atoms with Crippen LogP contribution < -0.4 is 10.6 Å². The number of anilines is 1. The lowest BCUT2D eigenvalue weighted by Crippen LogP contribution is -2.41. The van der Waals surface area contributed by atoms with Crippen LogP contribution in [0.4, 0.5) is 23.2 Å². The van der Waals surface area contributed by atoms with Gasteiger partial charge in [-0.25, -0.2) is 27.2 Å². The average Bonchev–Trinajstić information content (AvgIpc) is 2.82. The lowest BCUT2D eigenvalue weighted by Gasteiger charge is -2.36. The molecule has 0 saturated carbocycles. The summed E-state index contributed by atoms with van der Waals surface area (Å²) in [4.78, 5) is 25.8. The highest BCUT2D eigenvalue weighted by atomic mass is 19.2. The fourth-order valence-electron chi connectivity index (χ4n) is 3.50. The molecule has 2 aromatic rings. The number of ether oxygens (including phenoxy) is 2. The summed E-state index contributed by atoms with van der Waals surface area (Å²) >= 11 is 0. The van der Waals surface area contributed by atoms with Crippen LogP contribution in [0.25, 0.3) is 0 Å². The van der Waals surface area contributed by atoms with Gasteiger partial charge in [-0.05, 0) is 5.56 Å². The summed E-state index contributed by atoms with van der Waals surface area (Å²) in [5.41, 5.74) is 2.98. The molecule has 3 rings (SSSR count). The second-order valence-corrected chi connectivity index (χ2v) is 6.65. The summed E-state index contributed by atoms with van der Waals surface area (Å²) in [6.07, 6.45) is 0. The van der Waals surface area contributed by atoms with Crippen LogP contribution >= 0.6 is 0 Å². The van der Waals surface area contributed by atoms with Gasteiger partial charge in [0.1, 0.15) is 17.2 Å². The molecular weight excluding hydrogens is 446 g/mol. The maximum absolute atomic E-state index is 14.7. The van der Waals surface area contributed by atoms with Crippen molar-refractivity contribution in [3.05, 3.63) is 87.9 Å². The molecule has 2 N–H and O–H groups in total. The van der Waals surface area contributed by atoms with Crippen molar-refractivity contribution in [1.29, 1.82) is 5.26 Å². The van der Waals surface area contributed by atoms with E-state index < -0.39 is 69.5 Å². The number of carbonyl (C=O) groups is 2. The van der Waals surface area contributed by atoms with E-state index in [1.165, 1.54) is 12.1 Å². The maximum atomic E-state index is 14.7. The van der Waals surface area contributed by atoms with E-state index in [-0.39, 0.29) is 11.0 Å². The first kappa shape index (κ1) is 23.3. The first-order chi connectivity index (χ1) is 15.7. The molecule has 0 bridgehead atoms. The predicted octanol–water partition coefficient (Wildman–Crippen LogP) is 3.14. The first-order valence-electron chi connectivity index (χ1n) is 9.18. The Hall–Kier alpha value is -4.33. The van der Waals surface area contributed by atoms with Gasteiger partial charge >= 0.3 is 11.9 Å². The third kappa shape index (κ3) is 3.76. The molecule has 0 saturated heterocycles. The molecule has 170 valence electrons. The van der Waals surface area contributed by atoms with Crippen LogP contribution in [0.15, 0.2) is 59.1 Å². The van der Waals surface area contributed by atoms with Crippen molar-refractivity contribution in [2.75, 3.05) is 19.1 Å². The summed E-state index contributed by atoms with van der Waals surface area (Å²) in [6, 6.07) is 9.49. The van der Waals surface area contributed by atoms with Gasteiger partial charge in [0.25, 0.3) is 0 Å². The lowest BCUT2D eigenvalue weighted by molar-refractivity contribution is -0.139. The number of esters is 2. The summed E-state index contributed by atoms with van der Waals surface area (Å²) in [5.74, 6) is -12.0. The lowest BCUT2D eigenvalue weighted by atomic mass is 9.81. The Morgan fingerprint density at radius 1 is 1.00 bits per heavy atom. The van der Waals surface area contributed by atoms with Crippen LogP contribution in [0.1, 0.15) is 11.5 Å². The first-order valence-corrected chi connectivity index (χ1v) is 9.18. The van der Waals surface area contributed by atoms with Crippen molar-refractivity contribution in [3.63, 3.8) is 0 Å². The Labute approximate surface area is 184 Å². The number of rotatable bonds is 4. The average molecular weight is 461 g/mol. The molecule has 0 aromatic heterocycles. The fraction of sp³-hybridized carbons (Fsp3) is 0.136. The molecular formula is C22H15F4N3O4. The monoisotopic (exact) mass is 461 g/mol. The normalized spacial score (nSPS) is 15.9. The number of carbonyl (C=O) groups excluding carboxylic acids is 2. The molecule has 1 atom stereocenters. The molecule has 33 heavy (non-hydrogen) atoms. The van der Waals surface area contributed by atoms with Crippen molar-refractivity contribution < 1.29 is 36.6 Å². The number of benzene rings is 2. The highest BCUT2D eigenvalue weighted by Gasteiger charge is 2.45. The number of methoxy groups -OCH3 is 2. The van der Waals surface area contributed by atoms with Gasteiger partial charge < -0.3 is 15.2 Å². The van der Waals surface area contributed by atoms with Gasteiger partial charge in [-0.3, -0.25) is 4.90 Å². The maximum Gasteiger partial charge on any atom is 0.355 e. The zero-order chi connectivity index (χ0) is 24.4. The van der Waals surface area contributed by atoms with E-state index >= 15 is 0 Å². The third-order valence-corrected chi connectivity index (χ3v) is 4.92. The standard InChI is InChI=1S/C22H15F4N3O4/c1-32-21(30)15-14(10-6-4-3-5-7-10)11(9-27)20(28)29(18(15)22(31)33-2)19-16(25)12(23)8-13(24)17(19)26/h3-8,14H,28H2,1-2H3. The van der Waals surface area contributed by atoms with Crippen molar-refractivity contribution in [3.8, 4) is 6.07 Å². The molecule has 0 radical (unpaired) electrons. The Bertz CT molecular complexity index is 1230. The molecule has 11 heteroatoms. The quantitative estimate of drug-likeness (QED) is 0.424. The van der Waals surface area contributed by atoms with Crippen LogP contribution in [0.3, 0.4) is 0 Å². The van der Waals surface area contributed by atoms with Crippen molar-refractivity contribution in [2.24, 2.45) is 5.73 Å². The Morgan fingerprint density at radius 3 is 2.03 bits per heavy atom. The molecule has 2 aromatic carbocycles. The van der Waals surface area contributed by atoms with Gasteiger partial charge in [0, 0.05) is 6.07 Å². The SMILES string of the molecule is COC(=O)C1=C(C(=O)OC)N(c2c(F)c(F)cc(F)c2F)C(N)=C(C#N)C1c1ccccc1. The number of nitrogens with zero attached hydrogens (tertiary/aromatic N) is 2.